The zero-order chi connectivity index (χ0) is 23.6. The van der Waals surface area contributed by atoms with E-state index in [0.717, 1.165) is 25.4 Å². The Labute approximate surface area is 208 Å². The molecule has 0 saturated carbocycles. The maximum Gasteiger partial charge on any atom is 0.123 e. The summed E-state index contributed by atoms with van der Waals surface area (Å²) in [5, 5.41) is 2.59. The molecule has 4 aromatic carbocycles. The van der Waals surface area contributed by atoms with Gasteiger partial charge in [-0.15, -0.1) is 0 Å². The van der Waals surface area contributed by atoms with Crippen molar-refractivity contribution in [1.29, 1.82) is 0 Å². The van der Waals surface area contributed by atoms with Crippen molar-refractivity contribution < 1.29 is 4.74 Å². The first-order chi connectivity index (χ1) is 17.3. The fourth-order valence-corrected chi connectivity index (χ4v) is 6.51. The molecule has 2 aliphatic rings. The molecule has 3 nitrogen and oxygen atoms in total. The number of rotatable bonds is 6. The molecule has 3 heteroatoms. The molecule has 0 aliphatic carbocycles. The Morgan fingerprint density at radius 3 is 2.20 bits per heavy atom. The number of nitrogens with zero attached hydrogens (tertiary/aromatic N) is 2. The van der Waals surface area contributed by atoms with Gasteiger partial charge < -0.3 is 4.74 Å². The van der Waals surface area contributed by atoms with Gasteiger partial charge in [0.25, 0.3) is 0 Å². The van der Waals surface area contributed by atoms with E-state index in [-0.39, 0.29) is 0 Å². The van der Waals surface area contributed by atoms with Gasteiger partial charge in [0.15, 0.2) is 0 Å². The average molecular weight is 463 g/mol. The fraction of sp³-hybridized carbons (Fsp3) is 0.312. The highest BCUT2D eigenvalue weighted by Gasteiger charge is 2.42. The van der Waals surface area contributed by atoms with Crippen LogP contribution < -0.4 is 4.74 Å². The monoisotopic (exact) mass is 462 g/mol. The van der Waals surface area contributed by atoms with Gasteiger partial charge >= 0.3 is 0 Å². The summed E-state index contributed by atoms with van der Waals surface area (Å²) in [6.45, 7) is 4.30. The summed E-state index contributed by atoms with van der Waals surface area (Å²) < 4.78 is 5.86. The predicted octanol–water partition coefficient (Wildman–Crippen LogP) is 6.33. The molecular formula is C32H34N2O. The van der Waals surface area contributed by atoms with E-state index in [4.69, 9.17) is 4.74 Å². The van der Waals surface area contributed by atoms with Gasteiger partial charge in [0, 0.05) is 43.2 Å². The Morgan fingerprint density at radius 2 is 1.49 bits per heavy atom. The molecule has 0 radical (unpaired) electrons. The lowest BCUT2D eigenvalue weighted by molar-refractivity contribution is 0.0383. The van der Waals surface area contributed by atoms with Crippen LogP contribution in [-0.2, 0) is 6.54 Å². The lowest BCUT2D eigenvalue weighted by Gasteiger charge is -2.47. The molecule has 0 bridgehead atoms. The molecule has 35 heavy (non-hydrogen) atoms. The average Bonchev–Trinajstić information content (AvgIpc) is 3.39. The number of hydrogen-bond acceptors (Lipinski definition) is 3. The summed E-state index contributed by atoms with van der Waals surface area (Å²) in [5.74, 6) is 1.35. The number of methoxy groups -OCH3 is 1. The second-order valence-electron chi connectivity index (χ2n) is 10.1. The first-order valence-electron chi connectivity index (χ1n) is 12.9. The van der Waals surface area contributed by atoms with Crippen molar-refractivity contribution in [3.8, 4) is 5.75 Å². The molecule has 0 spiro atoms. The number of benzene rings is 4. The smallest absolute Gasteiger partial charge is 0.123 e. The Kier molecular flexibility index (Phi) is 6.28. The molecule has 178 valence electrons. The van der Waals surface area contributed by atoms with Crippen molar-refractivity contribution in [2.45, 2.75) is 37.4 Å². The molecule has 2 aliphatic heterocycles. The van der Waals surface area contributed by atoms with Crippen LogP contribution in [0.1, 0.15) is 35.4 Å². The summed E-state index contributed by atoms with van der Waals surface area (Å²) in [4.78, 5) is 5.52. The van der Waals surface area contributed by atoms with Crippen molar-refractivity contribution >= 4 is 10.8 Å². The topological polar surface area (TPSA) is 15.7 Å². The van der Waals surface area contributed by atoms with Crippen molar-refractivity contribution in [1.82, 2.24) is 9.80 Å². The zero-order valence-corrected chi connectivity index (χ0v) is 20.5. The third-order valence-electron chi connectivity index (χ3n) is 8.06. The predicted molar refractivity (Wildman–Crippen MR) is 144 cm³/mol. The van der Waals surface area contributed by atoms with Gasteiger partial charge in [-0.05, 0) is 47.4 Å². The first-order valence-corrected chi connectivity index (χ1v) is 12.9. The van der Waals surface area contributed by atoms with E-state index in [1.54, 1.807) is 7.11 Å². The number of fused-ring (bicyclic) bond motifs is 2. The maximum atomic E-state index is 5.86. The second kappa shape index (κ2) is 9.85. The molecule has 0 aromatic heterocycles. The molecule has 0 amide bonds. The Morgan fingerprint density at radius 1 is 0.800 bits per heavy atom. The highest BCUT2D eigenvalue weighted by molar-refractivity contribution is 5.87. The van der Waals surface area contributed by atoms with Crippen molar-refractivity contribution in [3.05, 3.63) is 114 Å². The van der Waals surface area contributed by atoms with Crippen LogP contribution in [0.25, 0.3) is 10.8 Å². The SMILES string of the molecule is COc1ccc2ccccc2c1CN1CC(C(c2ccccc2)c2ccccc2)N2CCC[C@H]2C1. The molecule has 2 fully saturated rings. The number of hydrogen-bond donors (Lipinski definition) is 0. The molecular weight excluding hydrogens is 428 g/mol. The van der Waals surface area contributed by atoms with E-state index >= 15 is 0 Å². The van der Waals surface area contributed by atoms with Crippen molar-refractivity contribution in [3.63, 3.8) is 0 Å². The van der Waals surface area contributed by atoms with E-state index in [1.807, 2.05) is 0 Å². The molecule has 1 unspecified atom stereocenters. The van der Waals surface area contributed by atoms with Crippen LogP contribution in [0.5, 0.6) is 5.75 Å². The highest BCUT2D eigenvalue weighted by Crippen LogP contribution is 2.39. The molecule has 2 saturated heterocycles. The zero-order valence-electron chi connectivity index (χ0n) is 20.5. The third-order valence-corrected chi connectivity index (χ3v) is 8.06. The first kappa shape index (κ1) is 22.3. The van der Waals surface area contributed by atoms with Gasteiger partial charge in [0.05, 0.1) is 7.11 Å². The fourth-order valence-electron chi connectivity index (χ4n) is 6.51. The van der Waals surface area contributed by atoms with Crippen molar-refractivity contribution in [2.24, 2.45) is 0 Å². The highest BCUT2D eigenvalue weighted by atomic mass is 16.5. The van der Waals surface area contributed by atoms with E-state index in [0.29, 0.717) is 18.0 Å². The summed E-state index contributed by atoms with van der Waals surface area (Å²) in [6, 6.07) is 36.4. The normalized spacial score (nSPS) is 20.9. The largest absolute Gasteiger partial charge is 0.496 e. The van der Waals surface area contributed by atoms with Gasteiger partial charge in [0.2, 0.25) is 0 Å². The number of ether oxygens (including phenoxy) is 1. The standard InChI is InChI=1S/C32H34N2O/c1-35-31-19-18-24-11-8-9-17-28(24)29(31)22-33-21-27-16-10-20-34(27)30(23-33)32(25-12-4-2-5-13-25)26-14-6-3-7-15-26/h2-9,11-15,17-19,27,30,32H,10,16,20-23H2,1H3/t27-,30?/m0/s1. The Bertz CT molecular complexity index is 1230. The van der Waals surface area contributed by atoms with Crippen LogP contribution in [0.15, 0.2) is 97.1 Å². The summed E-state index contributed by atoms with van der Waals surface area (Å²) in [6.07, 6.45) is 2.58. The Balaban J connectivity index is 1.38. The van der Waals surface area contributed by atoms with Gasteiger partial charge in [0.1, 0.15) is 5.75 Å². The van der Waals surface area contributed by atoms with Crippen LogP contribution >= 0.6 is 0 Å². The molecule has 6 rings (SSSR count). The minimum absolute atomic E-state index is 0.357. The third kappa shape index (κ3) is 4.35. The molecule has 2 atom stereocenters. The van der Waals surface area contributed by atoms with E-state index < -0.39 is 0 Å². The molecule has 0 N–H and O–H groups in total. The second-order valence-corrected chi connectivity index (χ2v) is 10.1. The van der Waals surface area contributed by atoms with Gasteiger partial charge in [-0.2, -0.15) is 0 Å². The lowest BCUT2D eigenvalue weighted by atomic mass is 9.82. The quantitative estimate of drug-likeness (QED) is 0.333. The van der Waals surface area contributed by atoms with Gasteiger partial charge in [-0.3, -0.25) is 9.80 Å². The van der Waals surface area contributed by atoms with Gasteiger partial charge in [-0.25, -0.2) is 0 Å². The lowest BCUT2D eigenvalue weighted by Crippen LogP contribution is -2.57. The summed E-state index contributed by atoms with van der Waals surface area (Å²) in [7, 11) is 1.80. The Hall–Kier alpha value is -3.14. The van der Waals surface area contributed by atoms with Crippen LogP contribution in [0.2, 0.25) is 0 Å². The number of piperazine rings is 1. The molecule has 4 aromatic rings. The van der Waals surface area contributed by atoms with E-state index in [9.17, 15) is 0 Å². The van der Waals surface area contributed by atoms with Crippen LogP contribution in [0, 0.1) is 0 Å². The molecule has 2 heterocycles. The van der Waals surface area contributed by atoms with Crippen LogP contribution in [0.3, 0.4) is 0 Å². The summed E-state index contributed by atoms with van der Waals surface area (Å²) >= 11 is 0. The maximum absolute atomic E-state index is 5.86. The minimum atomic E-state index is 0.357. The van der Waals surface area contributed by atoms with Crippen LogP contribution in [0.4, 0.5) is 0 Å². The van der Waals surface area contributed by atoms with E-state index in [2.05, 4.69) is 107 Å². The summed E-state index contributed by atoms with van der Waals surface area (Å²) in [5.41, 5.74) is 4.14. The van der Waals surface area contributed by atoms with Crippen LogP contribution in [-0.4, -0.2) is 48.6 Å². The van der Waals surface area contributed by atoms with Gasteiger partial charge in [-0.1, -0.05) is 91.0 Å². The van der Waals surface area contributed by atoms with Crippen molar-refractivity contribution in [2.75, 3.05) is 26.7 Å². The minimum Gasteiger partial charge on any atom is -0.496 e. The van der Waals surface area contributed by atoms with E-state index in [1.165, 1.54) is 46.8 Å².